The second kappa shape index (κ2) is 6.69. The number of aromatic nitrogens is 2. The molecule has 0 aliphatic carbocycles. The zero-order valence-electron chi connectivity index (χ0n) is 12.7. The van der Waals surface area contributed by atoms with Crippen LogP contribution in [0.5, 0.6) is 0 Å². The summed E-state index contributed by atoms with van der Waals surface area (Å²) in [4.78, 5) is 14.3. The van der Waals surface area contributed by atoms with E-state index in [4.69, 9.17) is 18.0 Å². The first-order valence-corrected chi connectivity index (χ1v) is 7.12. The minimum Gasteiger partial charge on any atom is -0.389 e. The predicted octanol–water partition coefficient (Wildman–Crippen LogP) is 1.03. The smallest absolute Gasteiger partial charge is 0.244 e. The zero-order chi connectivity index (χ0) is 15.4. The van der Waals surface area contributed by atoms with E-state index in [9.17, 15) is 4.79 Å². The SMILES string of the molecule is CCN(CC)C(=O)C(C)Nc1c(C(N)=S)c(C)nn1C. The number of likely N-dealkylation sites (N-methyl/N-ethyl adjacent to an activating group) is 1. The van der Waals surface area contributed by atoms with Crippen molar-refractivity contribution in [1.29, 1.82) is 0 Å². The maximum Gasteiger partial charge on any atom is 0.244 e. The lowest BCUT2D eigenvalue weighted by molar-refractivity contribution is -0.131. The van der Waals surface area contributed by atoms with E-state index in [0.29, 0.717) is 24.5 Å². The number of thiocarbonyl (C=S) groups is 1. The van der Waals surface area contributed by atoms with Crippen LogP contribution in [0.25, 0.3) is 0 Å². The summed E-state index contributed by atoms with van der Waals surface area (Å²) in [6, 6.07) is -0.363. The van der Waals surface area contributed by atoms with Crippen molar-refractivity contribution in [1.82, 2.24) is 14.7 Å². The molecule has 7 heteroatoms. The summed E-state index contributed by atoms with van der Waals surface area (Å²) in [7, 11) is 1.80. The quantitative estimate of drug-likeness (QED) is 0.767. The van der Waals surface area contributed by atoms with Gasteiger partial charge in [0.2, 0.25) is 5.91 Å². The number of carbonyl (C=O) groups excluding carboxylic acids is 1. The van der Waals surface area contributed by atoms with Gasteiger partial charge in [-0.1, -0.05) is 12.2 Å². The maximum atomic E-state index is 12.3. The lowest BCUT2D eigenvalue weighted by Crippen LogP contribution is -2.41. The van der Waals surface area contributed by atoms with E-state index in [-0.39, 0.29) is 16.9 Å². The average molecular weight is 297 g/mol. The van der Waals surface area contributed by atoms with E-state index in [1.807, 2.05) is 27.7 Å². The summed E-state index contributed by atoms with van der Waals surface area (Å²) in [5.74, 6) is 0.728. The molecule has 0 aromatic carbocycles. The Labute approximate surface area is 125 Å². The molecule has 20 heavy (non-hydrogen) atoms. The zero-order valence-corrected chi connectivity index (χ0v) is 13.5. The summed E-state index contributed by atoms with van der Waals surface area (Å²) in [6.07, 6.45) is 0. The molecule has 6 nitrogen and oxygen atoms in total. The molecule has 0 aliphatic heterocycles. The molecular weight excluding hydrogens is 274 g/mol. The molecule has 1 rings (SSSR count). The summed E-state index contributed by atoms with van der Waals surface area (Å²) in [5.41, 5.74) is 7.19. The lowest BCUT2D eigenvalue weighted by Gasteiger charge is -2.24. The molecule has 1 amide bonds. The predicted molar refractivity (Wildman–Crippen MR) is 84.8 cm³/mol. The minimum absolute atomic E-state index is 0.0442. The normalized spacial score (nSPS) is 12.1. The minimum atomic E-state index is -0.363. The first kappa shape index (κ1) is 16.4. The van der Waals surface area contributed by atoms with E-state index in [1.165, 1.54) is 0 Å². The molecule has 0 saturated heterocycles. The van der Waals surface area contributed by atoms with E-state index >= 15 is 0 Å². The van der Waals surface area contributed by atoms with Gasteiger partial charge in [-0.05, 0) is 27.7 Å². The number of nitrogens with one attached hydrogen (secondary N) is 1. The van der Waals surface area contributed by atoms with E-state index in [2.05, 4.69) is 10.4 Å². The van der Waals surface area contributed by atoms with Crippen LogP contribution in [0.4, 0.5) is 5.82 Å². The first-order valence-electron chi connectivity index (χ1n) is 6.72. The fourth-order valence-corrected chi connectivity index (χ4v) is 2.44. The van der Waals surface area contributed by atoms with E-state index < -0.39 is 0 Å². The summed E-state index contributed by atoms with van der Waals surface area (Å²) in [6.45, 7) is 8.97. The van der Waals surface area contributed by atoms with Gasteiger partial charge >= 0.3 is 0 Å². The number of nitrogens with two attached hydrogens (primary N) is 1. The van der Waals surface area contributed by atoms with Gasteiger partial charge in [-0.15, -0.1) is 0 Å². The Morgan fingerprint density at radius 3 is 2.50 bits per heavy atom. The Morgan fingerprint density at radius 2 is 2.05 bits per heavy atom. The van der Waals surface area contributed by atoms with Crippen LogP contribution in [0, 0.1) is 6.92 Å². The topological polar surface area (TPSA) is 76.2 Å². The molecule has 0 spiro atoms. The van der Waals surface area contributed by atoms with Gasteiger partial charge in [-0.3, -0.25) is 9.48 Å². The Balaban J connectivity index is 2.99. The largest absolute Gasteiger partial charge is 0.389 e. The molecule has 112 valence electrons. The van der Waals surface area contributed by atoms with Crippen LogP contribution in [-0.4, -0.2) is 44.7 Å². The van der Waals surface area contributed by atoms with Gasteiger partial charge in [0.15, 0.2) is 0 Å². The van der Waals surface area contributed by atoms with Gasteiger partial charge in [0.1, 0.15) is 16.8 Å². The van der Waals surface area contributed by atoms with Crippen molar-refractivity contribution in [2.24, 2.45) is 12.8 Å². The van der Waals surface area contributed by atoms with Crippen LogP contribution in [0.15, 0.2) is 0 Å². The third kappa shape index (κ3) is 3.27. The summed E-state index contributed by atoms with van der Waals surface area (Å²) >= 11 is 5.06. The molecule has 0 saturated carbocycles. The van der Waals surface area contributed by atoms with Crippen LogP contribution in [-0.2, 0) is 11.8 Å². The molecule has 1 heterocycles. The Bertz CT molecular complexity index is 507. The number of nitrogens with zero attached hydrogens (tertiary/aromatic N) is 3. The molecule has 0 fully saturated rings. The third-order valence-corrected chi connectivity index (χ3v) is 3.47. The van der Waals surface area contributed by atoms with Gasteiger partial charge in [0, 0.05) is 20.1 Å². The van der Waals surface area contributed by atoms with Gasteiger partial charge < -0.3 is 16.0 Å². The first-order chi connectivity index (χ1) is 9.33. The van der Waals surface area contributed by atoms with Gasteiger partial charge in [0.05, 0.1) is 11.3 Å². The highest BCUT2D eigenvalue weighted by Crippen LogP contribution is 2.19. The molecule has 0 aliphatic rings. The number of aryl methyl sites for hydroxylation is 2. The van der Waals surface area contributed by atoms with Crippen molar-refractivity contribution in [3.8, 4) is 0 Å². The Hall–Kier alpha value is -1.63. The highest BCUT2D eigenvalue weighted by Gasteiger charge is 2.22. The number of hydrogen-bond donors (Lipinski definition) is 2. The molecule has 0 radical (unpaired) electrons. The van der Waals surface area contributed by atoms with Crippen molar-refractivity contribution in [3.05, 3.63) is 11.3 Å². The number of hydrogen-bond acceptors (Lipinski definition) is 4. The van der Waals surface area contributed by atoms with Crippen molar-refractivity contribution in [3.63, 3.8) is 0 Å². The van der Waals surface area contributed by atoms with Crippen LogP contribution >= 0.6 is 12.2 Å². The molecular formula is C13H23N5OS. The fraction of sp³-hybridized carbons (Fsp3) is 0.615. The van der Waals surface area contributed by atoms with Gasteiger partial charge in [-0.25, -0.2) is 0 Å². The number of carbonyl (C=O) groups is 1. The number of rotatable bonds is 6. The van der Waals surface area contributed by atoms with Crippen molar-refractivity contribution in [2.75, 3.05) is 18.4 Å². The molecule has 3 N–H and O–H groups in total. The van der Waals surface area contributed by atoms with Crippen molar-refractivity contribution in [2.45, 2.75) is 33.7 Å². The highest BCUT2D eigenvalue weighted by molar-refractivity contribution is 7.80. The molecule has 1 aromatic rings. The van der Waals surface area contributed by atoms with Gasteiger partial charge in [0.25, 0.3) is 0 Å². The molecule has 0 bridgehead atoms. The molecule has 1 atom stereocenters. The number of anilines is 1. The maximum absolute atomic E-state index is 12.3. The van der Waals surface area contributed by atoms with Crippen LogP contribution < -0.4 is 11.1 Å². The lowest BCUT2D eigenvalue weighted by atomic mass is 10.2. The fourth-order valence-electron chi connectivity index (χ4n) is 2.19. The van der Waals surface area contributed by atoms with Gasteiger partial charge in [-0.2, -0.15) is 5.10 Å². The summed E-state index contributed by atoms with van der Waals surface area (Å²) in [5, 5.41) is 7.46. The molecule has 1 aromatic heterocycles. The van der Waals surface area contributed by atoms with Crippen molar-refractivity contribution < 1.29 is 4.79 Å². The second-order valence-corrected chi connectivity index (χ2v) is 5.11. The molecule has 1 unspecified atom stereocenters. The van der Waals surface area contributed by atoms with E-state index in [0.717, 1.165) is 5.69 Å². The van der Waals surface area contributed by atoms with Crippen LogP contribution in [0.1, 0.15) is 32.0 Å². The summed E-state index contributed by atoms with van der Waals surface area (Å²) < 4.78 is 1.66. The highest BCUT2D eigenvalue weighted by atomic mass is 32.1. The second-order valence-electron chi connectivity index (χ2n) is 4.67. The van der Waals surface area contributed by atoms with Crippen LogP contribution in [0.2, 0.25) is 0 Å². The third-order valence-electron chi connectivity index (χ3n) is 3.27. The van der Waals surface area contributed by atoms with E-state index in [1.54, 1.807) is 16.6 Å². The standard InChI is InChI=1S/C13H23N5OS/c1-6-18(7-2)13(19)9(4)15-12-10(11(14)20)8(3)16-17(12)5/h9,15H,6-7H2,1-5H3,(H2,14,20). The van der Waals surface area contributed by atoms with Crippen LogP contribution in [0.3, 0.4) is 0 Å². The van der Waals surface area contributed by atoms with Crippen molar-refractivity contribution >= 4 is 28.9 Å². The number of amides is 1. The Kier molecular flexibility index (Phi) is 5.50. The monoisotopic (exact) mass is 297 g/mol. The Morgan fingerprint density at radius 1 is 1.50 bits per heavy atom. The average Bonchev–Trinajstić information content (AvgIpc) is 2.65.